The highest BCUT2D eigenvalue weighted by Crippen LogP contribution is 2.21. The SMILES string of the molecule is CC(=O)Nc1cccc(Nc2ncc(C(N)=O)c(NCCc3ccccc3O)n2)c1. The number of hydrogen-bond acceptors (Lipinski definition) is 7. The topological polar surface area (TPSA) is 142 Å². The van der Waals surface area contributed by atoms with Crippen LogP contribution in [-0.2, 0) is 11.2 Å². The molecule has 0 aliphatic rings. The monoisotopic (exact) mass is 406 g/mol. The van der Waals surface area contributed by atoms with E-state index in [0.717, 1.165) is 5.56 Å². The van der Waals surface area contributed by atoms with E-state index < -0.39 is 5.91 Å². The zero-order valence-electron chi connectivity index (χ0n) is 16.3. The zero-order valence-corrected chi connectivity index (χ0v) is 16.3. The van der Waals surface area contributed by atoms with E-state index in [4.69, 9.17) is 5.73 Å². The molecule has 2 amide bonds. The second-order valence-electron chi connectivity index (χ2n) is 6.51. The number of nitrogens with one attached hydrogen (secondary N) is 3. The Morgan fingerprint density at radius 2 is 1.87 bits per heavy atom. The van der Waals surface area contributed by atoms with Gasteiger partial charge in [-0.05, 0) is 36.2 Å². The zero-order chi connectivity index (χ0) is 21.5. The smallest absolute Gasteiger partial charge is 0.254 e. The second-order valence-corrected chi connectivity index (χ2v) is 6.51. The summed E-state index contributed by atoms with van der Waals surface area (Å²) in [5, 5.41) is 18.7. The first kappa shape index (κ1) is 20.6. The van der Waals surface area contributed by atoms with E-state index in [1.165, 1.54) is 13.1 Å². The Kier molecular flexibility index (Phi) is 6.43. The summed E-state index contributed by atoms with van der Waals surface area (Å²) in [5.41, 5.74) is 7.65. The second kappa shape index (κ2) is 9.37. The van der Waals surface area contributed by atoms with Gasteiger partial charge in [-0.15, -0.1) is 0 Å². The summed E-state index contributed by atoms with van der Waals surface area (Å²) in [5.74, 6) is -0.0820. The number of benzene rings is 2. The first-order chi connectivity index (χ1) is 14.4. The van der Waals surface area contributed by atoms with Crippen molar-refractivity contribution in [3.8, 4) is 5.75 Å². The quantitative estimate of drug-likeness (QED) is 0.387. The lowest BCUT2D eigenvalue weighted by molar-refractivity contribution is -0.114. The van der Waals surface area contributed by atoms with Crippen LogP contribution in [0.1, 0.15) is 22.8 Å². The Hall–Kier alpha value is -4.14. The number of phenolic OH excluding ortho intramolecular Hbond substituents is 1. The van der Waals surface area contributed by atoms with Crippen LogP contribution in [0.4, 0.5) is 23.1 Å². The highest BCUT2D eigenvalue weighted by molar-refractivity contribution is 5.97. The molecule has 6 N–H and O–H groups in total. The van der Waals surface area contributed by atoms with Crippen molar-refractivity contribution in [2.24, 2.45) is 5.73 Å². The third-order valence-corrected chi connectivity index (χ3v) is 4.17. The summed E-state index contributed by atoms with van der Waals surface area (Å²) in [4.78, 5) is 31.4. The molecule has 0 aliphatic carbocycles. The van der Waals surface area contributed by atoms with Gasteiger partial charge >= 0.3 is 0 Å². The van der Waals surface area contributed by atoms with Crippen LogP contribution in [-0.4, -0.2) is 33.4 Å². The number of nitrogens with zero attached hydrogens (tertiary/aromatic N) is 2. The summed E-state index contributed by atoms with van der Waals surface area (Å²) >= 11 is 0. The van der Waals surface area contributed by atoms with Crippen LogP contribution in [0.15, 0.2) is 54.7 Å². The van der Waals surface area contributed by atoms with Crippen LogP contribution in [0.25, 0.3) is 0 Å². The molecule has 0 radical (unpaired) electrons. The third kappa shape index (κ3) is 5.44. The number of amides is 2. The fourth-order valence-corrected chi connectivity index (χ4v) is 2.80. The van der Waals surface area contributed by atoms with Gasteiger partial charge in [0.25, 0.3) is 5.91 Å². The molecule has 0 saturated carbocycles. The largest absolute Gasteiger partial charge is 0.508 e. The Bertz CT molecular complexity index is 1070. The molecule has 3 aromatic rings. The summed E-state index contributed by atoms with van der Waals surface area (Å²) in [7, 11) is 0. The predicted octanol–water partition coefficient (Wildman–Crippen LogP) is 2.64. The molecule has 0 bridgehead atoms. The van der Waals surface area contributed by atoms with Crippen molar-refractivity contribution in [1.82, 2.24) is 9.97 Å². The molecule has 0 atom stereocenters. The number of rotatable bonds is 8. The molecular weight excluding hydrogens is 384 g/mol. The molecule has 0 saturated heterocycles. The maximum absolute atomic E-state index is 11.7. The van der Waals surface area contributed by atoms with Gasteiger partial charge in [-0.1, -0.05) is 24.3 Å². The van der Waals surface area contributed by atoms with Crippen LogP contribution >= 0.6 is 0 Å². The van der Waals surface area contributed by atoms with E-state index in [9.17, 15) is 14.7 Å². The van der Waals surface area contributed by atoms with E-state index in [-0.39, 0.29) is 29.0 Å². The standard InChI is InChI=1S/C21H22N6O3/c1-13(28)25-15-6-4-7-16(11-15)26-21-24-12-17(19(22)30)20(27-21)23-10-9-14-5-2-3-8-18(14)29/h2-8,11-12,29H,9-10H2,1H3,(H2,22,30)(H,25,28)(H2,23,24,26,27). The highest BCUT2D eigenvalue weighted by Gasteiger charge is 2.12. The minimum atomic E-state index is -0.653. The molecule has 9 heteroatoms. The molecular formula is C21H22N6O3. The minimum Gasteiger partial charge on any atom is -0.508 e. The minimum absolute atomic E-state index is 0.157. The van der Waals surface area contributed by atoms with Gasteiger partial charge in [0.2, 0.25) is 11.9 Å². The van der Waals surface area contributed by atoms with Gasteiger partial charge in [0.05, 0.1) is 5.56 Å². The molecule has 0 unspecified atom stereocenters. The molecule has 0 spiro atoms. The maximum Gasteiger partial charge on any atom is 0.254 e. The van der Waals surface area contributed by atoms with E-state index in [2.05, 4.69) is 25.9 Å². The van der Waals surface area contributed by atoms with Crippen LogP contribution in [0.2, 0.25) is 0 Å². The Morgan fingerprint density at radius 3 is 2.60 bits per heavy atom. The normalized spacial score (nSPS) is 10.3. The lowest BCUT2D eigenvalue weighted by Gasteiger charge is -2.12. The molecule has 1 heterocycles. The van der Waals surface area contributed by atoms with Gasteiger partial charge in [-0.3, -0.25) is 9.59 Å². The number of phenols is 1. The molecule has 1 aromatic heterocycles. The van der Waals surface area contributed by atoms with Gasteiger partial charge in [0.15, 0.2) is 0 Å². The van der Waals surface area contributed by atoms with Crippen molar-refractivity contribution in [3.05, 3.63) is 65.9 Å². The lowest BCUT2D eigenvalue weighted by atomic mass is 10.1. The number of carbonyl (C=O) groups excluding carboxylic acids is 2. The average molecular weight is 406 g/mol. The number of aromatic hydroxyl groups is 1. The third-order valence-electron chi connectivity index (χ3n) is 4.17. The average Bonchev–Trinajstić information content (AvgIpc) is 2.69. The molecule has 0 aliphatic heterocycles. The van der Waals surface area contributed by atoms with Crippen LogP contribution < -0.4 is 21.7 Å². The number of primary amides is 1. The number of para-hydroxylation sites is 1. The van der Waals surface area contributed by atoms with Gasteiger partial charge in [0, 0.05) is 31.0 Å². The van der Waals surface area contributed by atoms with Crippen molar-refractivity contribution in [1.29, 1.82) is 0 Å². The van der Waals surface area contributed by atoms with E-state index >= 15 is 0 Å². The van der Waals surface area contributed by atoms with Crippen molar-refractivity contribution in [2.75, 3.05) is 22.5 Å². The van der Waals surface area contributed by atoms with Crippen molar-refractivity contribution in [3.63, 3.8) is 0 Å². The first-order valence-electron chi connectivity index (χ1n) is 9.24. The lowest BCUT2D eigenvalue weighted by Crippen LogP contribution is -2.18. The maximum atomic E-state index is 11.7. The van der Waals surface area contributed by atoms with Crippen LogP contribution in [0, 0.1) is 0 Å². The van der Waals surface area contributed by atoms with E-state index in [0.29, 0.717) is 24.3 Å². The number of nitrogens with two attached hydrogens (primary N) is 1. The number of anilines is 4. The van der Waals surface area contributed by atoms with E-state index in [1.807, 2.05) is 12.1 Å². The fraction of sp³-hybridized carbons (Fsp3) is 0.143. The van der Waals surface area contributed by atoms with Crippen LogP contribution in [0.5, 0.6) is 5.75 Å². The summed E-state index contributed by atoms with van der Waals surface area (Å²) in [6.45, 7) is 1.85. The summed E-state index contributed by atoms with van der Waals surface area (Å²) < 4.78 is 0. The van der Waals surface area contributed by atoms with Crippen molar-refractivity contribution in [2.45, 2.75) is 13.3 Å². The number of aromatic nitrogens is 2. The fourth-order valence-electron chi connectivity index (χ4n) is 2.80. The van der Waals surface area contributed by atoms with Gasteiger partial charge < -0.3 is 26.8 Å². The number of carbonyl (C=O) groups is 2. The molecule has 9 nitrogen and oxygen atoms in total. The van der Waals surface area contributed by atoms with Crippen molar-refractivity contribution >= 4 is 35.0 Å². The summed E-state index contributed by atoms with van der Waals surface area (Å²) in [6, 6.07) is 14.1. The Labute approximate surface area is 173 Å². The van der Waals surface area contributed by atoms with Gasteiger partial charge in [0.1, 0.15) is 11.6 Å². The molecule has 30 heavy (non-hydrogen) atoms. The predicted molar refractivity (Wildman–Crippen MR) is 115 cm³/mol. The Morgan fingerprint density at radius 1 is 1.10 bits per heavy atom. The molecule has 154 valence electrons. The van der Waals surface area contributed by atoms with E-state index in [1.54, 1.807) is 36.4 Å². The molecule has 2 aromatic carbocycles. The molecule has 0 fully saturated rings. The van der Waals surface area contributed by atoms with Gasteiger partial charge in [-0.2, -0.15) is 4.98 Å². The highest BCUT2D eigenvalue weighted by atomic mass is 16.3. The molecule has 3 rings (SSSR count). The first-order valence-corrected chi connectivity index (χ1v) is 9.24. The summed E-state index contributed by atoms with van der Waals surface area (Å²) in [6.07, 6.45) is 1.87. The number of hydrogen-bond donors (Lipinski definition) is 5. The Balaban J connectivity index is 1.75. The van der Waals surface area contributed by atoms with Gasteiger partial charge in [-0.25, -0.2) is 4.98 Å². The van der Waals surface area contributed by atoms with Crippen molar-refractivity contribution < 1.29 is 14.7 Å². The van der Waals surface area contributed by atoms with Crippen LogP contribution in [0.3, 0.4) is 0 Å².